The van der Waals surface area contributed by atoms with Gasteiger partial charge >= 0.3 is 0 Å². The van der Waals surface area contributed by atoms with Gasteiger partial charge in [-0.2, -0.15) is 5.10 Å². The highest BCUT2D eigenvalue weighted by Crippen LogP contribution is 2.29. The van der Waals surface area contributed by atoms with Gasteiger partial charge in [-0.1, -0.05) is 33.8 Å². The van der Waals surface area contributed by atoms with Crippen LogP contribution in [0.25, 0.3) is 0 Å². The highest BCUT2D eigenvalue weighted by Gasteiger charge is 2.05. The summed E-state index contributed by atoms with van der Waals surface area (Å²) in [4.78, 5) is 5.19. The van der Waals surface area contributed by atoms with Gasteiger partial charge in [0.15, 0.2) is 5.16 Å². The Morgan fingerprint density at radius 2 is 2.31 bits per heavy atom. The molecule has 0 atom stereocenters. The smallest absolute Gasteiger partial charge is 0.190 e. The molecule has 0 unspecified atom stereocenters. The van der Waals surface area contributed by atoms with Crippen LogP contribution in [0.3, 0.4) is 0 Å². The third-order valence-corrected chi connectivity index (χ3v) is 3.85. The summed E-state index contributed by atoms with van der Waals surface area (Å²) in [5.41, 5.74) is 0.877. The Labute approximate surface area is 106 Å². The van der Waals surface area contributed by atoms with E-state index in [0.29, 0.717) is 0 Å². The van der Waals surface area contributed by atoms with Crippen molar-refractivity contribution in [1.82, 2.24) is 14.8 Å². The molecule has 1 aromatic heterocycles. The van der Waals surface area contributed by atoms with Crippen LogP contribution < -0.4 is 0 Å². The van der Waals surface area contributed by atoms with Crippen molar-refractivity contribution < 1.29 is 5.11 Å². The van der Waals surface area contributed by atoms with E-state index in [1.807, 2.05) is 25.2 Å². The van der Waals surface area contributed by atoms with E-state index in [4.69, 9.17) is 5.11 Å². The summed E-state index contributed by atoms with van der Waals surface area (Å²) in [5, 5.41) is 13.9. The van der Waals surface area contributed by atoms with Crippen molar-refractivity contribution in [3.8, 4) is 0 Å². The first-order chi connectivity index (χ1) is 7.70. The molecule has 16 heavy (non-hydrogen) atoms. The van der Waals surface area contributed by atoms with E-state index < -0.39 is 0 Å². The number of aryl methyl sites for hydroxylation is 1. The molecular weight excluding hydrogens is 290 g/mol. The first kappa shape index (κ1) is 11.6. The van der Waals surface area contributed by atoms with E-state index in [-0.39, 0.29) is 6.61 Å². The second-order valence-electron chi connectivity index (χ2n) is 3.18. The quantitative estimate of drug-likeness (QED) is 0.944. The Bertz CT molecular complexity index is 501. The maximum absolute atomic E-state index is 9.05. The van der Waals surface area contributed by atoms with E-state index in [9.17, 15) is 0 Å². The predicted molar refractivity (Wildman–Crippen MR) is 65.2 cm³/mol. The fourth-order valence-corrected chi connectivity index (χ4v) is 2.66. The molecule has 0 bridgehead atoms. The molecule has 4 nitrogen and oxygen atoms in total. The van der Waals surface area contributed by atoms with Crippen LogP contribution in [0.15, 0.2) is 39.1 Å². The summed E-state index contributed by atoms with van der Waals surface area (Å²) >= 11 is 4.95. The largest absolute Gasteiger partial charge is 0.392 e. The predicted octanol–water partition coefficient (Wildman–Crippen LogP) is 2.22. The van der Waals surface area contributed by atoms with Gasteiger partial charge in [0.25, 0.3) is 0 Å². The van der Waals surface area contributed by atoms with Crippen LogP contribution in [0.4, 0.5) is 0 Å². The number of nitrogens with zero attached hydrogens (tertiary/aromatic N) is 3. The van der Waals surface area contributed by atoms with Crippen LogP contribution in [-0.2, 0) is 13.7 Å². The van der Waals surface area contributed by atoms with Gasteiger partial charge in [-0.15, -0.1) is 0 Å². The number of aromatic nitrogens is 3. The molecule has 0 saturated carbocycles. The van der Waals surface area contributed by atoms with Gasteiger partial charge in [0.1, 0.15) is 6.33 Å². The second-order valence-corrected chi connectivity index (χ2v) is 5.07. The third kappa shape index (κ3) is 2.45. The van der Waals surface area contributed by atoms with Crippen molar-refractivity contribution in [1.29, 1.82) is 0 Å². The van der Waals surface area contributed by atoms with Crippen molar-refractivity contribution in [3.63, 3.8) is 0 Å². The van der Waals surface area contributed by atoms with E-state index in [1.54, 1.807) is 4.68 Å². The molecule has 0 aliphatic heterocycles. The Balaban J connectivity index is 2.23. The molecule has 1 N–H and O–H groups in total. The lowest BCUT2D eigenvalue weighted by atomic mass is 10.2. The summed E-state index contributed by atoms with van der Waals surface area (Å²) in [6.45, 7) is 0.0372. The van der Waals surface area contributed by atoms with Crippen LogP contribution in [0.5, 0.6) is 0 Å². The third-order valence-electron chi connectivity index (χ3n) is 2.07. The van der Waals surface area contributed by atoms with Gasteiger partial charge in [0, 0.05) is 16.4 Å². The normalized spacial score (nSPS) is 10.7. The van der Waals surface area contributed by atoms with E-state index >= 15 is 0 Å². The monoisotopic (exact) mass is 299 g/mol. The lowest BCUT2D eigenvalue weighted by molar-refractivity contribution is 0.281. The van der Waals surface area contributed by atoms with Crippen molar-refractivity contribution in [2.75, 3.05) is 0 Å². The van der Waals surface area contributed by atoms with Crippen LogP contribution in [0.2, 0.25) is 0 Å². The van der Waals surface area contributed by atoms with Crippen LogP contribution in [0, 0.1) is 0 Å². The van der Waals surface area contributed by atoms with Gasteiger partial charge in [0.05, 0.1) is 6.61 Å². The summed E-state index contributed by atoms with van der Waals surface area (Å²) in [6.07, 6.45) is 1.53. The highest BCUT2D eigenvalue weighted by molar-refractivity contribution is 9.10. The zero-order valence-corrected chi connectivity index (χ0v) is 11.0. The molecule has 84 valence electrons. The standard InChI is InChI=1S/C10H10BrN3OS/c1-14-10(12-6-13-14)16-8-3-2-7(5-15)9(11)4-8/h2-4,6,15H,5H2,1H3. The Morgan fingerprint density at radius 1 is 1.50 bits per heavy atom. The number of hydrogen-bond acceptors (Lipinski definition) is 4. The average molecular weight is 300 g/mol. The maximum Gasteiger partial charge on any atom is 0.190 e. The zero-order chi connectivity index (χ0) is 11.5. The molecule has 2 rings (SSSR count). The molecule has 0 aliphatic rings. The topological polar surface area (TPSA) is 50.9 Å². The van der Waals surface area contributed by atoms with Crippen LogP contribution >= 0.6 is 27.7 Å². The molecule has 0 saturated heterocycles. The summed E-state index contributed by atoms with van der Waals surface area (Å²) < 4.78 is 2.63. The Morgan fingerprint density at radius 3 is 2.88 bits per heavy atom. The first-order valence-corrected chi connectivity index (χ1v) is 6.23. The molecule has 0 amide bonds. The van der Waals surface area contributed by atoms with Gasteiger partial charge in [-0.3, -0.25) is 0 Å². The van der Waals surface area contributed by atoms with Crippen molar-refractivity contribution in [3.05, 3.63) is 34.6 Å². The lowest BCUT2D eigenvalue weighted by Crippen LogP contribution is -1.92. The zero-order valence-electron chi connectivity index (χ0n) is 8.59. The minimum atomic E-state index is 0.0372. The van der Waals surface area contributed by atoms with Gasteiger partial charge < -0.3 is 5.11 Å². The average Bonchev–Trinajstić information content (AvgIpc) is 2.65. The van der Waals surface area contributed by atoms with E-state index in [2.05, 4.69) is 26.0 Å². The fourth-order valence-electron chi connectivity index (χ4n) is 1.20. The second kappa shape index (κ2) is 4.99. The number of hydrogen-bond donors (Lipinski definition) is 1. The molecule has 0 spiro atoms. The Hall–Kier alpha value is -0.850. The SMILES string of the molecule is Cn1ncnc1Sc1ccc(CO)c(Br)c1. The van der Waals surface area contributed by atoms with Crippen LogP contribution in [-0.4, -0.2) is 19.9 Å². The van der Waals surface area contributed by atoms with E-state index in [1.165, 1.54) is 18.1 Å². The number of benzene rings is 1. The molecule has 1 aromatic carbocycles. The number of halogens is 1. The number of aliphatic hydroxyl groups excluding tert-OH is 1. The van der Waals surface area contributed by atoms with Gasteiger partial charge in [-0.25, -0.2) is 9.67 Å². The molecule has 0 fully saturated rings. The van der Waals surface area contributed by atoms with Crippen LogP contribution in [0.1, 0.15) is 5.56 Å². The molecule has 0 aliphatic carbocycles. The number of rotatable bonds is 3. The van der Waals surface area contributed by atoms with Gasteiger partial charge in [-0.05, 0) is 17.7 Å². The molecule has 6 heteroatoms. The minimum Gasteiger partial charge on any atom is -0.392 e. The molecular formula is C10H10BrN3OS. The lowest BCUT2D eigenvalue weighted by Gasteiger charge is -2.04. The van der Waals surface area contributed by atoms with Gasteiger partial charge in [0.2, 0.25) is 0 Å². The molecule has 2 aromatic rings. The highest BCUT2D eigenvalue weighted by atomic mass is 79.9. The molecule has 1 heterocycles. The number of aliphatic hydroxyl groups is 1. The summed E-state index contributed by atoms with van der Waals surface area (Å²) in [7, 11) is 1.85. The first-order valence-electron chi connectivity index (χ1n) is 4.62. The van der Waals surface area contributed by atoms with E-state index in [0.717, 1.165) is 20.1 Å². The fraction of sp³-hybridized carbons (Fsp3) is 0.200. The maximum atomic E-state index is 9.05. The summed E-state index contributed by atoms with van der Waals surface area (Å²) in [5.74, 6) is 0. The Kier molecular flexibility index (Phi) is 3.63. The van der Waals surface area contributed by atoms with Crippen molar-refractivity contribution >= 4 is 27.7 Å². The summed E-state index contributed by atoms with van der Waals surface area (Å²) in [6, 6.07) is 5.81. The van der Waals surface area contributed by atoms with Crippen molar-refractivity contribution in [2.45, 2.75) is 16.7 Å². The minimum absolute atomic E-state index is 0.0372. The molecule has 0 radical (unpaired) electrons. The van der Waals surface area contributed by atoms with Crippen molar-refractivity contribution in [2.24, 2.45) is 7.05 Å².